The molecule has 3 aromatic carbocycles. The molecular weight excluding hydrogens is 232 g/mol. The molecule has 0 saturated carbocycles. The molecule has 0 N–H and O–H groups in total. The Balaban J connectivity index is 2.17. The maximum Gasteiger partial charge on any atom is 0.136 e. The van der Waals surface area contributed by atoms with Gasteiger partial charge in [0.2, 0.25) is 0 Å². The molecule has 0 bridgehead atoms. The molecule has 0 amide bonds. The average molecular weight is 243 g/mol. The van der Waals surface area contributed by atoms with E-state index >= 15 is 0 Å². The lowest BCUT2D eigenvalue weighted by molar-refractivity contribution is 0.669. The minimum Gasteiger partial charge on any atom is -0.456 e. The van der Waals surface area contributed by atoms with Gasteiger partial charge in [0.25, 0.3) is 0 Å². The van der Waals surface area contributed by atoms with Gasteiger partial charge in [-0.25, -0.2) is 0 Å². The van der Waals surface area contributed by atoms with E-state index in [0.717, 1.165) is 16.6 Å². The van der Waals surface area contributed by atoms with Gasteiger partial charge in [-0.1, -0.05) is 48.5 Å². The van der Waals surface area contributed by atoms with E-state index < -0.39 is 0 Å². The molecule has 4 aromatic rings. The molecule has 1 heteroatoms. The first kappa shape index (κ1) is 10.4. The molecule has 1 aromatic heterocycles. The lowest BCUT2D eigenvalue weighted by Gasteiger charge is -2.02. The van der Waals surface area contributed by atoms with Gasteiger partial charge in [0.1, 0.15) is 11.2 Å². The zero-order chi connectivity index (χ0) is 12.7. The molecule has 89 valence electrons. The Morgan fingerprint density at radius 1 is 0.737 bits per heavy atom. The largest absolute Gasteiger partial charge is 0.456 e. The molecule has 0 fully saturated rings. The van der Waals surface area contributed by atoms with E-state index in [0.29, 0.717) is 0 Å². The molecule has 0 atom stereocenters. The third kappa shape index (κ3) is 1.55. The molecule has 1 nitrogen and oxygen atoms in total. The van der Waals surface area contributed by atoms with Crippen LogP contribution in [0.15, 0.2) is 71.1 Å². The van der Waals surface area contributed by atoms with Crippen molar-refractivity contribution in [1.82, 2.24) is 0 Å². The van der Waals surface area contributed by atoms with Crippen LogP contribution in [0.2, 0.25) is 0 Å². The van der Waals surface area contributed by atoms with Gasteiger partial charge in [-0.2, -0.15) is 0 Å². The monoisotopic (exact) mass is 243 g/mol. The highest BCUT2D eigenvalue weighted by atomic mass is 16.3. The van der Waals surface area contributed by atoms with Gasteiger partial charge in [-0.15, -0.1) is 0 Å². The molecule has 0 unspecified atom stereocenters. The summed E-state index contributed by atoms with van der Waals surface area (Å²) in [4.78, 5) is 0. The fraction of sp³-hybridized carbons (Fsp3) is 0. The van der Waals surface area contributed by atoms with Crippen LogP contribution >= 0.6 is 0 Å². The summed E-state index contributed by atoms with van der Waals surface area (Å²) in [6, 6.07) is 25.6. The van der Waals surface area contributed by atoms with Gasteiger partial charge in [0.05, 0.1) is 0 Å². The highest BCUT2D eigenvalue weighted by Crippen LogP contribution is 2.35. The summed E-state index contributed by atoms with van der Waals surface area (Å²) in [6.45, 7) is 0. The summed E-state index contributed by atoms with van der Waals surface area (Å²) in [5.41, 5.74) is 4.18. The van der Waals surface area contributed by atoms with Crippen LogP contribution in [-0.2, 0) is 0 Å². The smallest absolute Gasteiger partial charge is 0.136 e. The Kier molecular flexibility index (Phi) is 2.18. The second-order valence-electron chi connectivity index (χ2n) is 4.57. The minimum atomic E-state index is 0.891. The second-order valence-corrected chi connectivity index (χ2v) is 4.57. The van der Waals surface area contributed by atoms with Crippen molar-refractivity contribution in [2.45, 2.75) is 0 Å². The fourth-order valence-electron chi connectivity index (χ4n) is 2.56. The van der Waals surface area contributed by atoms with Gasteiger partial charge in [0, 0.05) is 10.8 Å². The van der Waals surface area contributed by atoms with Crippen LogP contribution in [0.4, 0.5) is 0 Å². The van der Waals surface area contributed by atoms with Crippen molar-refractivity contribution < 1.29 is 4.42 Å². The molecule has 1 radical (unpaired) electrons. The van der Waals surface area contributed by atoms with Crippen LogP contribution in [0.5, 0.6) is 0 Å². The molecular formula is C18H11O. The van der Waals surface area contributed by atoms with E-state index in [1.807, 2.05) is 36.4 Å². The van der Waals surface area contributed by atoms with Gasteiger partial charge >= 0.3 is 0 Å². The highest BCUT2D eigenvalue weighted by Gasteiger charge is 2.11. The predicted octanol–water partition coefficient (Wildman–Crippen LogP) is 5.05. The number of benzene rings is 3. The molecule has 4 rings (SSSR count). The quantitative estimate of drug-likeness (QED) is 0.455. The van der Waals surface area contributed by atoms with Crippen LogP contribution in [0.3, 0.4) is 0 Å². The maximum absolute atomic E-state index is 5.88. The van der Waals surface area contributed by atoms with Crippen LogP contribution in [0, 0.1) is 6.07 Å². The number of hydrogen-bond acceptors (Lipinski definition) is 1. The number of fused-ring (bicyclic) bond motifs is 3. The van der Waals surface area contributed by atoms with E-state index in [1.165, 1.54) is 16.5 Å². The molecule has 0 aliphatic carbocycles. The fourth-order valence-corrected chi connectivity index (χ4v) is 2.56. The zero-order valence-electron chi connectivity index (χ0n) is 10.3. The third-order valence-corrected chi connectivity index (χ3v) is 3.42. The molecule has 0 saturated heterocycles. The van der Waals surface area contributed by atoms with Crippen molar-refractivity contribution in [2.24, 2.45) is 0 Å². The molecule has 0 aliphatic heterocycles. The molecule has 0 spiro atoms. The average Bonchev–Trinajstić information content (AvgIpc) is 2.86. The standard InChI is InChI=1S/C18H11O/c1-2-7-13(8-3-1)14-10-6-12-17-18(14)15-9-4-5-11-16(15)19-17/h1-5,7-12H. The van der Waals surface area contributed by atoms with Crippen molar-refractivity contribution in [2.75, 3.05) is 0 Å². The molecule has 1 heterocycles. The summed E-state index contributed by atoms with van der Waals surface area (Å²) >= 11 is 0. The second kappa shape index (κ2) is 3.99. The van der Waals surface area contributed by atoms with E-state index in [9.17, 15) is 0 Å². The van der Waals surface area contributed by atoms with Crippen LogP contribution in [0.25, 0.3) is 33.1 Å². The molecule has 19 heavy (non-hydrogen) atoms. The summed E-state index contributed by atoms with van der Waals surface area (Å²) < 4.78 is 5.88. The highest BCUT2D eigenvalue weighted by molar-refractivity contribution is 6.12. The first-order valence-electron chi connectivity index (χ1n) is 6.30. The van der Waals surface area contributed by atoms with Crippen molar-refractivity contribution in [3.63, 3.8) is 0 Å². The van der Waals surface area contributed by atoms with Gasteiger partial charge in [0.15, 0.2) is 0 Å². The van der Waals surface area contributed by atoms with E-state index in [-0.39, 0.29) is 0 Å². The third-order valence-electron chi connectivity index (χ3n) is 3.42. The zero-order valence-corrected chi connectivity index (χ0v) is 10.3. The topological polar surface area (TPSA) is 13.1 Å². The Bertz CT molecular complexity index is 857. The number of hydrogen-bond donors (Lipinski definition) is 0. The van der Waals surface area contributed by atoms with Gasteiger partial charge in [-0.3, -0.25) is 0 Å². The SMILES string of the molecule is [c]1cc(-c2ccccc2)c2c(c1)oc1ccccc12. The normalized spacial score (nSPS) is 11.2. The number of para-hydroxylation sites is 1. The lowest BCUT2D eigenvalue weighted by atomic mass is 10.00. The Hall–Kier alpha value is -2.54. The summed E-state index contributed by atoms with van der Waals surface area (Å²) in [7, 11) is 0. The maximum atomic E-state index is 5.88. The summed E-state index contributed by atoms with van der Waals surface area (Å²) in [6.07, 6.45) is 0. The Labute approximate surface area is 111 Å². The van der Waals surface area contributed by atoms with Crippen molar-refractivity contribution in [3.05, 3.63) is 72.8 Å². The minimum absolute atomic E-state index is 0.891. The summed E-state index contributed by atoms with van der Waals surface area (Å²) in [5, 5.41) is 2.32. The van der Waals surface area contributed by atoms with Crippen molar-refractivity contribution >= 4 is 21.9 Å². The van der Waals surface area contributed by atoms with Crippen molar-refractivity contribution in [1.29, 1.82) is 0 Å². The predicted molar refractivity (Wildman–Crippen MR) is 78.0 cm³/mol. The van der Waals surface area contributed by atoms with Gasteiger partial charge < -0.3 is 4.42 Å². The van der Waals surface area contributed by atoms with E-state index in [4.69, 9.17) is 4.42 Å². The van der Waals surface area contributed by atoms with E-state index in [1.54, 1.807) is 0 Å². The number of rotatable bonds is 1. The first-order chi connectivity index (χ1) is 9.43. The van der Waals surface area contributed by atoms with E-state index in [2.05, 4.69) is 36.4 Å². The van der Waals surface area contributed by atoms with Crippen molar-refractivity contribution in [3.8, 4) is 11.1 Å². The first-order valence-corrected chi connectivity index (χ1v) is 6.30. The Morgan fingerprint density at radius 2 is 1.53 bits per heavy atom. The number of furan rings is 1. The summed E-state index contributed by atoms with van der Waals surface area (Å²) in [5.74, 6) is 0. The van der Waals surface area contributed by atoms with Crippen LogP contribution in [-0.4, -0.2) is 0 Å². The molecule has 0 aliphatic rings. The lowest BCUT2D eigenvalue weighted by Crippen LogP contribution is -1.78. The van der Waals surface area contributed by atoms with Crippen LogP contribution in [0.1, 0.15) is 0 Å². The van der Waals surface area contributed by atoms with Crippen LogP contribution < -0.4 is 0 Å². The van der Waals surface area contributed by atoms with Gasteiger partial charge in [-0.05, 0) is 35.4 Å². The Morgan fingerprint density at radius 3 is 2.42 bits per heavy atom.